The average molecular weight is 420 g/mol. The Hall–Kier alpha value is -0.860. The molecule has 1 rings (SSSR count). The smallest absolute Gasteiger partial charge is 0.191 e. The summed E-state index contributed by atoms with van der Waals surface area (Å²) in [4.78, 5) is 6.50. The maximum Gasteiger partial charge on any atom is 0.191 e. The zero-order chi connectivity index (χ0) is 15.3. The topological polar surface area (TPSA) is 48.9 Å². The molecule has 0 atom stereocenters. The zero-order valence-corrected chi connectivity index (χ0v) is 16.2. The van der Waals surface area contributed by atoms with E-state index in [-0.39, 0.29) is 24.0 Å². The molecule has 1 aromatic rings. The van der Waals surface area contributed by atoms with Crippen LogP contribution in [0.15, 0.2) is 35.3 Å². The lowest BCUT2D eigenvalue weighted by Crippen LogP contribution is -2.39. The van der Waals surface area contributed by atoms with Crippen LogP contribution in [0.5, 0.6) is 0 Å². The highest BCUT2D eigenvalue weighted by atomic mass is 127. The van der Waals surface area contributed by atoms with E-state index >= 15 is 0 Å². The van der Waals surface area contributed by atoms with Crippen LogP contribution in [0.25, 0.3) is 0 Å². The summed E-state index contributed by atoms with van der Waals surface area (Å²) < 4.78 is 5.00. The van der Waals surface area contributed by atoms with E-state index in [1.165, 1.54) is 5.56 Å². The normalized spacial score (nSPS) is 11.2. The number of hydrogen-bond donors (Lipinski definition) is 2. The summed E-state index contributed by atoms with van der Waals surface area (Å²) in [5.41, 5.74) is 1.35. The maximum atomic E-state index is 5.00. The number of nitrogens with zero attached hydrogens (tertiary/aromatic N) is 2. The molecular weight excluding hydrogens is 391 g/mol. The predicted octanol–water partition coefficient (Wildman–Crippen LogP) is 1.94. The van der Waals surface area contributed by atoms with Crippen LogP contribution < -0.4 is 10.6 Å². The van der Waals surface area contributed by atoms with Gasteiger partial charge in [-0.25, -0.2) is 0 Å². The SMILES string of the molecule is CN=C(NCCCN(C)Cc1ccccc1)NCCOC.I. The molecule has 0 fully saturated rings. The molecule has 0 radical (unpaired) electrons. The molecule has 0 aliphatic heterocycles. The van der Waals surface area contributed by atoms with Crippen LogP contribution in [0.4, 0.5) is 0 Å². The van der Waals surface area contributed by atoms with Gasteiger partial charge in [-0.15, -0.1) is 24.0 Å². The first-order chi connectivity index (χ1) is 10.3. The lowest BCUT2D eigenvalue weighted by Gasteiger charge is -2.17. The Morgan fingerprint density at radius 3 is 2.50 bits per heavy atom. The monoisotopic (exact) mass is 420 g/mol. The van der Waals surface area contributed by atoms with Crippen molar-refractivity contribution in [3.8, 4) is 0 Å². The number of hydrogen-bond acceptors (Lipinski definition) is 3. The summed E-state index contributed by atoms with van der Waals surface area (Å²) in [6.45, 7) is 4.40. The van der Waals surface area contributed by atoms with Gasteiger partial charge in [0.2, 0.25) is 0 Å². The minimum atomic E-state index is 0. The first kappa shape index (κ1) is 21.1. The Bertz CT molecular complexity index is 400. The summed E-state index contributed by atoms with van der Waals surface area (Å²) >= 11 is 0. The number of rotatable bonds is 9. The van der Waals surface area contributed by atoms with E-state index in [2.05, 4.69) is 57.9 Å². The van der Waals surface area contributed by atoms with Crippen LogP contribution in [-0.4, -0.2) is 58.3 Å². The number of aliphatic imine (C=N–C) groups is 1. The standard InChI is InChI=1S/C16H28N4O.HI/c1-17-16(19-11-13-21-3)18-10-7-12-20(2)14-15-8-5-4-6-9-15;/h4-6,8-9H,7,10-14H2,1-3H3,(H2,17,18,19);1H. The van der Waals surface area contributed by atoms with Crippen LogP contribution in [0.3, 0.4) is 0 Å². The molecular formula is C16H29IN4O. The van der Waals surface area contributed by atoms with Gasteiger partial charge < -0.3 is 20.3 Å². The number of halogens is 1. The van der Waals surface area contributed by atoms with Crippen molar-refractivity contribution in [3.63, 3.8) is 0 Å². The molecule has 0 saturated carbocycles. The van der Waals surface area contributed by atoms with E-state index in [0.717, 1.165) is 38.6 Å². The van der Waals surface area contributed by atoms with Gasteiger partial charge in [-0.1, -0.05) is 30.3 Å². The van der Waals surface area contributed by atoms with Crippen molar-refractivity contribution in [1.29, 1.82) is 0 Å². The quantitative estimate of drug-likeness (QED) is 0.278. The molecule has 0 aromatic heterocycles. The first-order valence-electron chi connectivity index (χ1n) is 7.42. The third-order valence-electron chi connectivity index (χ3n) is 3.13. The predicted molar refractivity (Wildman–Crippen MR) is 104 cm³/mol. The fraction of sp³-hybridized carbons (Fsp3) is 0.562. The third kappa shape index (κ3) is 9.97. The van der Waals surface area contributed by atoms with Crippen molar-refractivity contribution in [2.75, 3.05) is 47.4 Å². The molecule has 0 unspecified atom stereocenters. The molecule has 0 bridgehead atoms. The Kier molecular flexibility index (Phi) is 13.2. The van der Waals surface area contributed by atoms with Gasteiger partial charge >= 0.3 is 0 Å². The van der Waals surface area contributed by atoms with Gasteiger partial charge in [0.15, 0.2) is 5.96 Å². The van der Waals surface area contributed by atoms with Gasteiger partial charge in [-0.05, 0) is 25.6 Å². The van der Waals surface area contributed by atoms with Gasteiger partial charge in [0, 0.05) is 33.8 Å². The van der Waals surface area contributed by atoms with E-state index in [1.807, 2.05) is 0 Å². The van der Waals surface area contributed by atoms with E-state index in [0.29, 0.717) is 6.61 Å². The van der Waals surface area contributed by atoms with Crippen molar-refractivity contribution in [2.45, 2.75) is 13.0 Å². The van der Waals surface area contributed by atoms with E-state index in [9.17, 15) is 0 Å². The van der Waals surface area contributed by atoms with E-state index < -0.39 is 0 Å². The summed E-state index contributed by atoms with van der Waals surface area (Å²) in [5, 5.41) is 6.50. The summed E-state index contributed by atoms with van der Waals surface area (Å²) in [5.74, 6) is 0.831. The summed E-state index contributed by atoms with van der Waals surface area (Å²) in [6.07, 6.45) is 1.08. The third-order valence-corrected chi connectivity index (χ3v) is 3.13. The van der Waals surface area contributed by atoms with Crippen molar-refractivity contribution in [3.05, 3.63) is 35.9 Å². The Morgan fingerprint density at radius 1 is 1.18 bits per heavy atom. The van der Waals surface area contributed by atoms with Crippen molar-refractivity contribution < 1.29 is 4.74 Å². The fourth-order valence-corrected chi connectivity index (χ4v) is 2.02. The number of guanidine groups is 1. The number of benzene rings is 1. The minimum Gasteiger partial charge on any atom is -0.383 e. The highest BCUT2D eigenvalue weighted by molar-refractivity contribution is 14.0. The zero-order valence-electron chi connectivity index (χ0n) is 13.8. The fourth-order valence-electron chi connectivity index (χ4n) is 2.02. The number of methoxy groups -OCH3 is 1. The van der Waals surface area contributed by atoms with Crippen molar-refractivity contribution in [1.82, 2.24) is 15.5 Å². The Morgan fingerprint density at radius 2 is 1.86 bits per heavy atom. The van der Waals surface area contributed by atoms with E-state index in [4.69, 9.17) is 4.74 Å². The molecule has 126 valence electrons. The van der Waals surface area contributed by atoms with Crippen LogP contribution >= 0.6 is 24.0 Å². The second-order valence-corrected chi connectivity index (χ2v) is 5.00. The molecule has 22 heavy (non-hydrogen) atoms. The summed E-state index contributed by atoms with van der Waals surface area (Å²) in [6, 6.07) is 10.5. The Labute approximate surface area is 151 Å². The van der Waals surface area contributed by atoms with Crippen LogP contribution in [0.1, 0.15) is 12.0 Å². The van der Waals surface area contributed by atoms with E-state index in [1.54, 1.807) is 14.2 Å². The molecule has 0 saturated heterocycles. The molecule has 5 nitrogen and oxygen atoms in total. The minimum absolute atomic E-state index is 0. The number of ether oxygens (including phenoxy) is 1. The molecule has 0 amide bonds. The molecule has 0 spiro atoms. The summed E-state index contributed by atoms with van der Waals surface area (Å²) in [7, 11) is 5.63. The highest BCUT2D eigenvalue weighted by Crippen LogP contribution is 2.02. The first-order valence-corrected chi connectivity index (χ1v) is 7.42. The number of nitrogens with one attached hydrogen (secondary N) is 2. The molecule has 0 aliphatic rings. The molecule has 1 aromatic carbocycles. The van der Waals surface area contributed by atoms with Crippen LogP contribution in [0.2, 0.25) is 0 Å². The second-order valence-electron chi connectivity index (χ2n) is 5.00. The average Bonchev–Trinajstić information content (AvgIpc) is 2.50. The molecule has 2 N–H and O–H groups in total. The Balaban J connectivity index is 0.00000441. The maximum absolute atomic E-state index is 5.00. The van der Waals surface area contributed by atoms with Gasteiger partial charge in [0.05, 0.1) is 6.61 Å². The largest absolute Gasteiger partial charge is 0.383 e. The molecule has 0 aliphatic carbocycles. The molecule has 0 heterocycles. The van der Waals surface area contributed by atoms with Gasteiger partial charge in [-0.3, -0.25) is 4.99 Å². The van der Waals surface area contributed by atoms with Crippen LogP contribution in [0, 0.1) is 0 Å². The molecule has 6 heteroatoms. The lowest BCUT2D eigenvalue weighted by molar-refractivity contribution is 0.203. The highest BCUT2D eigenvalue weighted by Gasteiger charge is 2.00. The van der Waals surface area contributed by atoms with Crippen molar-refractivity contribution >= 4 is 29.9 Å². The van der Waals surface area contributed by atoms with Crippen LogP contribution in [-0.2, 0) is 11.3 Å². The second kappa shape index (κ2) is 13.8. The lowest BCUT2D eigenvalue weighted by atomic mass is 10.2. The van der Waals surface area contributed by atoms with Gasteiger partial charge in [-0.2, -0.15) is 0 Å². The van der Waals surface area contributed by atoms with Gasteiger partial charge in [0.1, 0.15) is 0 Å². The van der Waals surface area contributed by atoms with Crippen molar-refractivity contribution in [2.24, 2.45) is 4.99 Å². The van der Waals surface area contributed by atoms with Gasteiger partial charge in [0.25, 0.3) is 0 Å².